The average molecular weight is 660 g/mol. The first-order chi connectivity index (χ1) is 22.0. The number of amides is 1. The van der Waals surface area contributed by atoms with Gasteiger partial charge in [-0.05, 0) is 62.9 Å². The second kappa shape index (κ2) is 11.7. The van der Waals surface area contributed by atoms with Gasteiger partial charge in [0, 0.05) is 44.6 Å². The summed E-state index contributed by atoms with van der Waals surface area (Å²) in [5.41, 5.74) is 4.23. The molecule has 2 aliphatic rings. The van der Waals surface area contributed by atoms with E-state index in [4.69, 9.17) is 31.0 Å². The number of carbonyl (C=O) groups is 1. The van der Waals surface area contributed by atoms with E-state index in [-0.39, 0.29) is 11.6 Å². The monoisotopic (exact) mass is 659 g/mol. The Labute approximate surface area is 273 Å². The number of piperidine rings is 1. The fourth-order valence-corrected chi connectivity index (χ4v) is 7.33. The van der Waals surface area contributed by atoms with Gasteiger partial charge in [-0.2, -0.15) is 5.10 Å². The van der Waals surface area contributed by atoms with Crippen LogP contribution in [0.3, 0.4) is 0 Å². The molecule has 3 aromatic heterocycles. The van der Waals surface area contributed by atoms with Gasteiger partial charge in [0.1, 0.15) is 34.6 Å². The zero-order valence-corrected chi connectivity index (χ0v) is 28.3. The Morgan fingerprint density at radius 2 is 1.93 bits per heavy atom. The van der Waals surface area contributed by atoms with Crippen molar-refractivity contribution in [2.45, 2.75) is 76.6 Å². The van der Waals surface area contributed by atoms with E-state index in [1.165, 1.54) is 0 Å². The standard InChI is InChI=1S/C33H38ClN7O4Si/c1-21-37-25-6-5-24(15-28(25)39(21)20-44-13-14-46(2,3)4)45-29-8-7-26-31(30(29)34)38-27(18-35-26)22-17-36-41(19-22)23-9-12-40(32(42)43)33(16-23)10-11-33/h5-8,15,17-19,23H,9-14,16,20H2,1-4H3,(H,42,43). The van der Waals surface area contributed by atoms with Crippen LogP contribution in [-0.2, 0) is 11.5 Å². The fourth-order valence-electron chi connectivity index (χ4n) is 6.33. The third-order valence-electron chi connectivity index (χ3n) is 9.18. The number of nitrogens with zero attached hydrogens (tertiary/aromatic N) is 7. The van der Waals surface area contributed by atoms with Crippen LogP contribution in [0.2, 0.25) is 30.7 Å². The number of imidazole rings is 1. The number of rotatable bonds is 9. The smallest absolute Gasteiger partial charge is 0.407 e. The van der Waals surface area contributed by atoms with Gasteiger partial charge in [0.05, 0.1) is 40.7 Å². The Morgan fingerprint density at radius 3 is 2.70 bits per heavy atom. The molecule has 0 radical (unpaired) electrons. The maximum absolute atomic E-state index is 11.7. The quantitative estimate of drug-likeness (QED) is 0.126. The van der Waals surface area contributed by atoms with Crippen LogP contribution in [0.25, 0.3) is 33.3 Å². The van der Waals surface area contributed by atoms with Crippen molar-refractivity contribution >= 4 is 47.8 Å². The normalized spacial score (nSPS) is 17.7. The van der Waals surface area contributed by atoms with Crippen molar-refractivity contribution in [1.29, 1.82) is 0 Å². The number of likely N-dealkylation sites (tertiary alicyclic amines) is 1. The highest BCUT2D eigenvalue weighted by atomic mass is 35.5. The van der Waals surface area contributed by atoms with Crippen LogP contribution in [0.1, 0.15) is 37.5 Å². The first kappa shape index (κ1) is 30.6. The van der Waals surface area contributed by atoms with Gasteiger partial charge in [-0.1, -0.05) is 31.2 Å². The molecule has 7 rings (SSSR count). The third kappa shape index (κ3) is 5.96. The van der Waals surface area contributed by atoms with Gasteiger partial charge >= 0.3 is 6.09 Å². The van der Waals surface area contributed by atoms with Crippen molar-refractivity contribution in [2.75, 3.05) is 13.2 Å². The van der Waals surface area contributed by atoms with Crippen molar-refractivity contribution in [3.05, 3.63) is 59.8 Å². The summed E-state index contributed by atoms with van der Waals surface area (Å²) in [6.45, 7) is 10.7. The minimum Gasteiger partial charge on any atom is -0.465 e. The number of fused-ring (bicyclic) bond motifs is 2. The zero-order chi connectivity index (χ0) is 32.2. The van der Waals surface area contributed by atoms with Gasteiger partial charge in [-0.25, -0.2) is 14.8 Å². The number of ether oxygens (including phenoxy) is 2. The van der Waals surface area contributed by atoms with Crippen LogP contribution in [-0.4, -0.2) is 72.2 Å². The molecule has 5 aromatic rings. The molecular formula is C33H38ClN7O4Si. The van der Waals surface area contributed by atoms with Gasteiger partial charge in [-0.3, -0.25) is 9.67 Å². The highest BCUT2D eigenvalue weighted by Gasteiger charge is 2.54. The summed E-state index contributed by atoms with van der Waals surface area (Å²) in [7, 11) is -1.18. The number of hydrogen-bond donors (Lipinski definition) is 1. The molecule has 46 heavy (non-hydrogen) atoms. The maximum atomic E-state index is 11.7. The molecule has 13 heteroatoms. The predicted octanol–water partition coefficient (Wildman–Crippen LogP) is 7.76. The van der Waals surface area contributed by atoms with Crippen LogP contribution in [0.5, 0.6) is 11.5 Å². The highest BCUT2D eigenvalue weighted by molar-refractivity contribution is 6.76. The predicted molar refractivity (Wildman–Crippen MR) is 179 cm³/mol. The molecule has 1 unspecified atom stereocenters. The van der Waals surface area contributed by atoms with Gasteiger partial charge in [0.2, 0.25) is 0 Å². The molecular weight excluding hydrogens is 622 g/mol. The summed E-state index contributed by atoms with van der Waals surface area (Å²) in [6.07, 6.45) is 7.96. The lowest BCUT2D eigenvalue weighted by atomic mass is 9.95. The minimum absolute atomic E-state index is 0.137. The Morgan fingerprint density at radius 1 is 1.13 bits per heavy atom. The Bertz CT molecular complexity index is 1950. The molecule has 4 heterocycles. The first-order valence-electron chi connectivity index (χ1n) is 15.7. The highest BCUT2D eigenvalue weighted by Crippen LogP contribution is 2.51. The van der Waals surface area contributed by atoms with Crippen molar-refractivity contribution in [3.63, 3.8) is 0 Å². The molecule has 1 saturated carbocycles. The number of aromatic nitrogens is 6. The van der Waals surface area contributed by atoms with E-state index in [0.717, 1.165) is 60.8 Å². The van der Waals surface area contributed by atoms with E-state index in [2.05, 4.69) is 34.3 Å². The zero-order valence-electron chi connectivity index (χ0n) is 26.5. The molecule has 1 saturated heterocycles. The molecule has 1 N–H and O–H groups in total. The number of halogens is 1. The summed E-state index contributed by atoms with van der Waals surface area (Å²) < 4.78 is 16.3. The lowest BCUT2D eigenvalue weighted by molar-refractivity contribution is 0.0787. The summed E-state index contributed by atoms with van der Waals surface area (Å²) in [5.74, 6) is 1.99. The minimum atomic E-state index is -1.18. The number of aryl methyl sites for hydroxylation is 1. The van der Waals surface area contributed by atoms with Crippen LogP contribution >= 0.6 is 11.6 Å². The maximum Gasteiger partial charge on any atom is 0.407 e. The second-order valence-electron chi connectivity index (χ2n) is 13.7. The van der Waals surface area contributed by atoms with Crippen LogP contribution < -0.4 is 4.74 Å². The fraction of sp³-hybridized carbons (Fsp3) is 0.424. The summed E-state index contributed by atoms with van der Waals surface area (Å²) in [4.78, 5) is 27.5. The van der Waals surface area contributed by atoms with Crippen molar-refractivity contribution in [1.82, 2.24) is 34.2 Å². The largest absolute Gasteiger partial charge is 0.465 e. The molecule has 0 bridgehead atoms. The molecule has 1 amide bonds. The SMILES string of the molecule is Cc1nc2ccc(Oc3ccc4ncc(-c5cnn(C6CCN(C(=O)O)C7(CC7)C6)c5)nc4c3Cl)cc2n1COCC[Si](C)(C)C. The lowest BCUT2D eigenvalue weighted by Gasteiger charge is -2.38. The second-order valence-corrected chi connectivity index (χ2v) is 19.7. The summed E-state index contributed by atoms with van der Waals surface area (Å²) in [5, 5.41) is 14.6. The van der Waals surface area contributed by atoms with Crippen LogP contribution in [0.15, 0.2) is 48.9 Å². The molecule has 11 nitrogen and oxygen atoms in total. The molecule has 1 aliphatic carbocycles. The molecule has 240 valence electrons. The molecule has 1 spiro atoms. The molecule has 2 fully saturated rings. The topological polar surface area (TPSA) is 120 Å². The van der Waals surface area contributed by atoms with Gasteiger partial charge in [-0.15, -0.1) is 0 Å². The molecule has 1 aliphatic heterocycles. The molecule has 2 aromatic carbocycles. The Kier molecular flexibility index (Phi) is 7.77. The lowest BCUT2D eigenvalue weighted by Crippen LogP contribution is -2.47. The number of carboxylic acid groups (broad SMARTS) is 1. The summed E-state index contributed by atoms with van der Waals surface area (Å²) >= 11 is 6.90. The van der Waals surface area contributed by atoms with Crippen molar-refractivity contribution < 1.29 is 19.4 Å². The van der Waals surface area contributed by atoms with Crippen LogP contribution in [0.4, 0.5) is 4.79 Å². The average Bonchev–Trinajstić information content (AvgIpc) is 3.45. The Hall–Kier alpha value is -4.00. The molecule has 1 atom stereocenters. The third-order valence-corrected chi connectivity index (χ3v) is 11.2. The summed E-state index contributed by atoms with van der Waals surface area (Å²) in [6, 6.07) is 10.7. The number of benzene rings is 2. The van der Waals surface area contributed by atoms with Gasteiger partial charge in [0.25, 0.3) is 0 Å². The van der Waals surface area contributed by atoms with E-state index in [9.17, 15) is 9.90 Å². The van der Waals surface area contributed by atoms with E-state index >= 15 is 0 Å². The van der Waals surface area contributed by atoms with Gasteiger partial charge < -0.3 is 24.0 Å². The first-order valence-corrected chi connectivity index (χ1v) is 19.8. The van der Waals surface area contributed by atoms with E-state index in [0.29, 0.717) is 46.5 Å². The van der Waals surface area contributed by atoms with E-state index < -0.39 is 14.2 Å². The Balaban J connectivity index is 1.10. The van der Waals surface area contributed by atoms with E-state index in [1.807, 2.05) is 42.1 Å². The van der Waals surface area contributed by atoms with Crippen molar-refractivity contribution in [3.8, 4) is 22.8 Å². The van der Waals surface area contributed by atoms with Gasteiger partial charge in [0.15, 0.2) is 0 Å². The van der Waals surface area contributed by atoms with E-state index in [1.54, 1.807) is 23.4 Å². The van der Waals surface area contributed by atoms with Crippen molar-refractivity contribution in [2.24, 2.45) is 0 Å². The van der Waals surface area contributed by atoms with Crippen LogP contribution in [0, 0.1) is 6.92 Å². The number of hydrogen-bond acceptors (Lipinski definition) is 7.